The van der Waals surface area contributed by atoms with E-state index in [4.69, 9.17) is 0 Å². The number of thioether (sulfide) groups is 1. The van der Waals surface area contributed by atoms with Gasteiger partial charge in [-0.05, 0) is 43.4 Å². The van der Waals surface area contributed by atoms with Gasteiger partial charge in [-0.2, -0.15) is 0 Å². The van der Waals surface area contributed by atoms with E-state index in [1.807, 2.05) is 12.1 Å². The number of nitrogens with one attached hydrogen (secondary N) is 1. The molecule has 0 saturated heterocycles. The molecule has 0 bridgehead atoms. The van der Waals surface area contributed by atoms with Crippen LogP contribution in [-0.4, -0.2) is 18.3 Å². The summed E-state index contributed by atoms with van der Waals surface area (Å²) in [5.74, 6) is 2.57. The molecule has 1 N–H and O–H groups in total. The molecule has 0 aromatic heterocycles. The molecule has 21 heavy (non-hydrogen) atoms. The first-order chi connectivity index (χ1) is 10.2. The number of halogens is 1. The Kier molecular flexibility index (Phi) is 7.05. The van der Waals surface area contributed by atoms with Gasteiger partial charge in [-0.1, -0.05) is 45.2 Å². The molecule has 3 heteroatoms. The second-order valence-corrected chi connectivity index (χ2v) is 7.16. The average molecular weight is 309 g/mol. The van der Waals surface area contributed by atoms with Crippen LogP contribution in [0.2, 0.25) is 0 Å². The van der Waals surface area contributed by atoms with E-state index in [2.05, 4.69) is 19.2 Å². The second kappa shape index (κ2) is 8.79. The smallest absolute Gasteiger partial charge is 0.136 e. The van der Waals surface area contributed by atoms with Gasteiger partial charge in [-0.25, -0.2) is 4.39 Å². The van der Waals surface area contributed by atoms with Gasteiger partial charge in [0.2, 0.25) is 0 Å². The van der Waals surface area contributed by atoms with Crippen LogP contribution in [0.25, 0.3) is 0 Å². The lowest BCUT2D eigenvalue weighted by Crippen LogP contribution is -2.40. The summed E-state index contributed by atoms with van der Waals surface area (Å²) in [5.41, 5.74) is 0. The van der Waals surface area contributed by atoms with Crippen LogP contribution in [0.15, 0.2) is 29.2 Å². The van der Waals surface area contributed by atoms with Crippen LogP contribution >= 0.6 is 11.8 Å². The molecule has 1 nitrogen and oxygen atoms in total. The Morgan fingerprint density at radius 3 is 2.52 bits per heavy atom. The summed E-state index contributed by atoms with van der Waals surface area (Å²) < 4.78 is 13.7. The van der Waals surface area contributed by atoms with Gasteiger partial charge in [-0.3, -0.25) is 0 Å². The van der Waals surface area contributed by atoms with Crippen molar-refractivity contribution in [1.82, 2.24) is 5.32 Å². The lowest BCUT2D eigenvalue weighted by molar-refractivity contribution is 0.229. The van der Waals surface area contributed by atoms with E-state index in [0.717, 1.165) is 29.0 Å². The Labute approximate surface area is 133 Å². The highest BCUT2D eigenvalue weighted by Gasteiger charge is 2.26. The number of hydrogen-bond acceptors (Lipinski definition) is 2. The van der Waals surface area contributed by atoms with Crippen LogP contribution in [0, 0.1) is 17.7 Å². The maximum atomic E-state index is 13.7. The molecule has 1 aromatic rings. The van der Waals surface area contributed by atoms with Crippen molar-refractivity contribution >= 4 is 11.8 Å². The second-order valence-electron chi connectivity index (χ2n) is 6.09. The van der Waals surface area contributed by atoms with E-state index < -0.39 is 0 Å². The Balaban J connectivity index is 1.89. The molecule has 0 amide bonds. The van der Waals surface area contributed by atoms with Crippen molar-refractivity contribution in [2.24, 2.45) is 11.8 Å². The van der Waals surface area contributed by atoms with Crippen molar-refractivity contribution in [3.05, 3.63) is 30.1 Å². The fourth-order valence-electron chi connectivity index (χ4n) is 3.36. The molecule has 1 fully saturated rings. The maximum absolute atomic E-state index is 13.7. The molecule has 0 heterocycles. The summed E-state index contributed by atoms with van der Waals surface area (Å²) in [6.45, 7) is 5.47. The zero-order valence-electron chi connectivity index (χ0n) is 13.3. The largest absolute Gasteiger partial charge is 0.313 e. The third-order valence-corrected chi connectivity index (χ3v) is 5.93. The molecule has 0 aliphatic heterocycles. The topological polar surface area (TPSA) is 12.0 Å². The van der Waals surface area contributed by atoms with Gasteiger partial charge in [0.1, 0.15) is 5.82 Å². The van der Waals surface area contributed by atoms with Crippen LogP contribution in [0.3, 0.4) is 0 Å². The van der Waals surface area contributed by atoms with Gasteiger partial charge in [0.25, 0.3) is 0 Å². The van der Waals surface area contributed by atoms with E-state index in [-0.39, 0.29) is 5.82 Å². The third-order valence-electron chi connectivity index (χ3n) is 4.76. The Morgan fingerprint density at radius 1 is 1.19 bits per heavy atom. The Hall–Kier alpha value is -0.540. The van der Waals surface area contributed by atoms with Crippen molar-refractivity contribution in [3.63, 3.8) is 0 Å². The quantitative estimate of drug-likeness (QED) is 0.702. The third kappa shape index (κ3) is 5.00. The molecule has 0 spiro atoms. The average Bonchev–Trinajstić information content (AvgIpc) is 2.53. The Morgan fingerprint density at radius 2 is 1.90 bits per heavy atom. The lowest BCUT2D eigenvalue weighted by Gasteiger charge is -2.34. The highest BCUT2D eigenvalue weighted by atomic mass is 32.2. The fraction of sp³-hybridized carbons (Fsp3) is 0.667. The molecule has 1 unspecified atom stereocenters. The predicted octanol–water partition coefficient (Wildman–Crippen LogP) is 5.11. The van der Waals surface area contributed by atoms with Gasteiger partial charge in [0.15, 0.2) is 0 Å². The molecule has 1 saturated carbocycles. The summed E-state index contributed by atoms with van der Waals surface area (Å²) in [6.07, 6.45) is 6.71. The van der Waals surface area contributed by atoms with E-state index in [1.54, 1.807) is 23.9 Å². The standard InChI is InChI=1S/C18H28FNS/c1-3-14-9-11-15(12-10-14)17(20-4-2)13-21-18-8-6-5-7-16(18)19/h5-8,14-15,17,20H,3-4,9-13H2,1-2H3. The van der Waals surface area contributed by atoms with E-state index >= 15 is 0 Å². The SMILES string of the molecule is CCNC(CSc1ccccc1F)C1CCC(CC)CC1. The van der Waals surface area contributed by atoms with Crippen molar-refractivity contribution < 1.29 is 4.39 Å². The van der Waals surface area contributed by atoms with Crippen LogP contribution in [0.4, 0.5) is 4.39 Å². The van der Waals surface area contributed by atoms with Crippen LogP contribution in [0.1, 0.15) is 46.0 Å². The first-order valence-corrected chi connectivity index (χ1v) is 9.33. The highest BCUT2D eigenvalue weighted by Crippen LogP contribution is 2.34. The summed E-state index contributed by atoms with van der Waals surface area (Å²) >= 11 is 1.66. The normalized spacial score (nSPS) is 24.0. The molecule has 118 valence electrons. The minimum absolute atomic E-state index is 0.0903. The summed E-state index contributed by atoms with van der Waals surface area (Å²) in [4.78, 5) is 0.780. The first-order valence-electron chi connectivity index (χ1n) is 8.35. The minimum atomic E-state index is -0.0903. The monoisotopic (exact) mass is 309 g/mol. The predicted molar refractivity (Wildman–Crippen MR) is 90.3 cm³/mol. The van der Waals surface area contributed by atoms with Crippen molar-refractivity contribution in [2.75, 3.05) is 12.3 Å². The summed E-state index contributed by atoms with van der Waals surface area (Å²) in [5, 5.41) is 3.63. The van der Waals surface area contributed by atoms with E-state index in [9.17, 15) is 4.39 Å². The van der Waals surface area contributed by atoms with Gasteiger partial charge < -0.3 is 5.32 Å². The number of rotatable bonds is 7. The molecule has 1 aliphatic rings. The maximum Gasteiger partial charge on any atom is 0.136 e. The lowest BCUT2D eigenvalue weighted by atomic mass is 9.78. The zero-order valence-corrected chi connectivity index (χ0v) is 14.1. The summed E-state index contributed by atoms with van der Waals surface area (Å²) in [6, 6.07) is 7.62. The van der Waals surface area contributed by atoms with Gasteiger partial charge in [-0.15, -0.1) is 11.8 Å². The summed E-state index contributed by atoms with van der Waals surface area (Å²) in [7, 11) is 0. The van der Waals surface area contributed by atoms with Crippen molar-refractivity contribution in [3.8, 4) is 0 Å². The van der Waals surface area contributed by atoms with Crippen LogP contribution < -0.4 is 5.32 Å². The van der Waals surface area contributed by atoms with Gasteiger partial charge in [0.05, 0.1) is 0 Å². The first kappa shape index (κ1) is 16.8. The molecule has 1 aliphatic carbocycles. The van der Waals surface area contributed by atoms with E-state index in [1.165, 1.54) is 32.1 Å². The zero-order chi connectivity index (χ0) is 15.1. The van der Waals surface area contributed by atoms with Crippen LogP contribution in [-0.2, 0) is 0 Å². The van der Waals surface area contributed by atoms with Gasteiger partial charge >= 0.3 is 0 Å². The van der Waals surface area contributed by atoms with Crippen molar-refractivity contribution in [1.29, 1.82) is 0 Å². The highest BCUT2D eigenvalue weighted by molar-refractivity contribution is 7.99. The molecule has 1 aromatic carbocycles. The molecular weight excluding hydrogens is 281 g/mol. The number of benzene rings is 1. The number of hydrogen-bond donors (Lipinski definition) is 1. The molecular formula is C18H28FNS. The molecule has 2 rings (SSSR count). The molecule has 1 atom stereocenters. The fourth-order valence-corrected chi connectivity index (χ4v) is 4.49. The van der Waals surface area contributed by atoms with Crippen LogP contribution in [0.5, 0.6) is 0 Å². The van der Waals surface area contributed by atoms with Crippen molar-refractivity contribution in [2.45, 2.75) is 56.9 Å². The minimum Gasteiger partial charge on any atom is -0.313 e. The van der Waals surface area contributed by atoms with Gasteiger partial charge in [0, 0.05) is 16.7 Å². The van der Waals surface area contributed by atoms with E-state index in [0.29, 0.717) is 6.04 Å². The molecule has 0 radical (unpaired) electrons. The Bertz CT molecular complexity index is 415.